The zero-order valence-corrected chi connectivity index (χ0v) is 46.6. The van der Waals surface area contributed by atoms with Crippen LogP contribution in [0.4, 0.5) is 0 Å². The largest absolute Gasteiger partial charge is 0.394 e. The molecule has 1 amide bonds. The van der Waals surface area contributed by atoms with Gasteiger partial charge >= 0.3 is 0 Å². The predicted octanol–water partition coefficient (Wildman–Crippen LogP) is 10.2. The van der Waals surface area contributed by atoms with Gasteiger partial charge in [0.2, 0.25) is 5.91 Å². The number of carbonyl (C=O) groups excluding carboxylic acids is 1. The Bertz CT molecular complexity index is 1380. The molecule has 14 nitrogen and oxygen atoms in total. The molecule has 2 rings (SSSR count). The van der Waals surface area contributed by atoms with Gasteiger partial charge in [0.15, 0.2) is 12.6 Å². The zero-order chi connectivity index (χ0) is 53.9. The van der Waals surface area contributed by atoms with Gasteiger partial charge in [-0.05, 0) is 44.9 Å². The van der Waals surface area contributed by atoms with Crippen molar-refractivity contribution < 1.29 is 64.6 Å². The molecule has 14 heteroatoms. The van der Waals surface area contributed by atoms with E-state index < -0.39 is 86.8 Å². The van der Waals surface area contributed by atoms with Crippen molar-refractivity contribution in [2.24, 2.45) is 0 Å². The highest BCUT2D eigenvalue weighted by molar-refractivity contribution is 5.76. The molecular formula is C60H111NO13. The van der Waals surface area contributed by atoms with Crippen molar-refractivity contribution in [2.45, 2.75) is 319 Å². The van der Waals surface area contributed by atoms with Crippen LogP contribution in [-0.4, -0.2) is 140 Å². The lowest BCUT2D eigenvalue weighted by Crippen LogP contribution is -2.65. The third-order valence-electron chi connectivity index (χ3n) is 14.8. The summed E-state index contributed by atoms with van der Waals surface area (Å²) in [5.41, 5.74) is 0. The number of aliphatic hydroxyl groups is 8. The van der Waals surface area contributed by atoms with E-state index in [9.17, 15) is 45.6 Å². The fourth-order valence-electron chi connectivity index (χ4n) is 9.91. The number of aliphatic hydroxyl groups excluding tert-OH is 8. The number of unbranched alkanes of at least 4 members (excludes halogenated alkanes) is 31. The Hall–Kier alpha value is -1.79. The first-order valence-corrected chi connectivity index (χ1v) is 30.2. The molecule has 0 aromatic carbocycles. The SMILES string of the molecule is CCCCCCCCCCCCC/C=C/CC/C=C/CC/C=C/C(O)C(COC1OC(CO)C(OC2OC(CO)C(O)C(O)C2O)C(O)C1O)NC(=O)CCCCCCCCCCCCCCCCCCCCC. The van der Waals surface area contributed by atoms with Crippen LogP contribution in [0.15, 0.2) is 36.5 Å². The molecule has 12 atom stereocenters. The number of amides is 1. The normalized spacial score (nSPS) is 25.4. The van der Waals surface area contributed by atoms with Crippen molar-refractivity contribution in [2.75, 3.05) is 19.8 Å². The summed E-state index contributed by atoms with van der Waals surface area (Å²) in [6.07, 6.45) is 39.0. The van der Waals surface area contributed by atoms with Gasteiger partial charge in [-0.1, -0.05) is 230 Å². The minimum absolute atomic E-state index is 0.250. The summed E-state index contributed by atoms with van der Waals surface area (Å²) in [6.45, 7) is 2.79. The highest BCUT2D eigenvalue weighted by Crippen LogP contribution is 2.30. The van der Waals surface area contributed by atoms with E-state index in [-0.39, 0.29) is 18.9 Å². The molecule has 2 fully saturated rings. The van der Waals surface area contributed by atoms with Gasteiger partial charge in [0.1, 0.15) is 48.8 Å². The van der Waals surface area contributed by atoms with Crippen molar-refractivity contribution in [3.63, 3.8) is 0 Å². The molecule has 2 heterocycles. The van der Waals surface area contributed by atoms with Gasteiger partial charge < -0.3 is 65.1 Å². The number of allylic oxidation sites excluding steroid dienone is 5. The number of hydrogen-bond acceptors (Lipinski definition) is 13. The first-order chi connectivity index (χ1) is 36.1. The average Bonchev–Trinajstić information content (AvgIpc) is 3.40. The van der Waals surface area contributed by atoms with Crippen molar-refractivity contribution in [1.82, 2.24) is 5.32 Å². The Kier molecular flexibility index (Phi) is 42.6. The van der Waals surface area contributed by atoms with E-state index in [2.05, 4.69) is 43.5 Å². The molecule has 2 aliphatic heterocycles. The second kappa shape index (κ2) is 46.2. The minimum atomic E-state index is -1.79. The van der Waals surface area contributed by atoms with Gasteiger partial charge in [0, 0.05) is 6.42 Å². The monoisotopic (exact) mass is 1050 g/mol. The molecule has 0 saturated carbocycles. The van der Waals surface area contributed by atoms with E-state index in [4.69, 9.17) is 18.9 Å². The molecule has 0 bridgehead atoms. The summed E-state index contributed by atoms with van der Waals surface area (Å²) < 4.78 is 22.8. The fourth-order valence-corrected chi connectivity index (χ4v) is 9.91. The summed E-state index contributed by atoms with van der Waals surface area (Å²) in [4.78, 5) is 13.3. The fraction of sp³-hybridized carbons (Fsp3) is 0.883. The molecule has 0 aliphatic carbocycles. The second-order valence-corrected chi connectivity index (χ2v) is 21.5. The maximum atomic E-state index is 13.3. The van der Waals surface area contributed by atoms with Crippen molar-refractivity contribution in [1.29, 1.82) is 0 Å². The highest BCUT2D eigenvalue weighted by atomic mass is 16.7. The first kappa shape index (κ1) is 68.3. The van der Waals surface area contributed by atoms with E-state index in [1.165, 1.54) is 167 Å². The summed E-state index contributed by atoms with van der Waals surface area (Å²) in [5.74, 6) is -0.250. The zero-order valence-electron chi connectivity index (χ0n) is 46.6. The van der Waals surface area contributed by atoms with Crippen LogP contribution in [0.5, 0.6) is 0 Å². The van der Waals surface area contributed by atoms with Crippen molar-refractivity contribution in [3.8, 4) is 0 Å². The smallest absolute Gasteiger partial charge is 0.220 e. The van der Waals surface area contributed by atoms with Gasteiger partial charge in [0.25, 0.3) is 0 Å². The second-order valence-electron chi connectivity index (χ2n) is 21.5. The molecule has 0 aromatic rings. The molecule has 0 spiro atoms. The van der Waals surface area contributed by atoms with E-state index in [1.807, 2.05) is 6.08 Å². The molecule has 2 aliphatic rings. The Morgan fingerprint density at radius 3 is 1.32 bits per heavy atom. The third kappa shape index (κ3) is 31.6. The summed E-state index contributed by atoms with van der Waals surface area (Å²) >= 11 is 0. The van der Waals surface area contributed by atoms with Gasteiger partial charge in [-0.3, -0.25) is 4.79 Å². The van der Waals surface area contributed by atoms with Gasteiger partial charge in [-0.2, -0.15) is 0 Å². The van der Waals surface area contributed by atoms with Crippen LogP contribution < -0.4 is 5.32 Å². The van der Waals surface area contributed by atoms with Crippen LogP contribution in [0.3, 0.4) is 0 Å². The summed E-state index contributed by atoms with van der Waals surface area (Å²) in [5, 5.41) is 87.1. The molecule has 434 valence electrons. The lowest BCUT2D eigenvalue weighted by atomic mass is 9.97. The maximum Gasteiger partial charge on any atom is 0.220 e. The van der Waals surface area contributed by atoms with E-state index >= 15 is 0 Å². The van der Waals surface area contributed by atoms with Gasteiger partial charge in [-0.15, -0.1) is 0 Å². The maximum absolute atomic E-state index is 13.3. The topological polar surface area (TPSA) is 228 Å². The lowest BCUT2D eigenvalue weighted by Gasteiger charge is -2.46. The van der Waals surface area contributed by atoms with E-state index in [0.717, 1.165) is 44.9 Å². The highest BCUT2D eigenvalue weighted by Gasteiger charge is 2.51. The lowest BCUT2D eigenvalue weighted by molar-refractivity contribution is -0.359. The number of nitrogens with one attached hydrogen (secondary N) is 1. The van der Waals surface area contributed by atoms with Crippen LogP contribution in [0, 0.1) is 0 Å². The van der Waals surface area contributed by atoms with Gasteiger partial charge in [-0.25, -0.2) is 0 Å². The number of ether oxygens (including phenoxy) is 4. The average molecular weight is 1050 g/mol. The number of carbonyl (C=O) groups is 1. The van der Waals surface area contributed by atoms with Crippen molar-refractivity contribution in [3.05, 3.63) is 36.5 Å². The molecule has 12 unspecified atom stereocenters. The molecule has 2 saturated heterocycles. The first-order valence-electron chi connectivity index (χ1n) is 30.2. The Morgan fingerprint density at radius 1 is 0.473 bits per heavy atom. The molecular weight excluding hydrogens is 943 g/mol. The standard InChI is InChI=1S/C60H111NO13/c1-3-5-7-9-11-13-15-17-19-21-23-24-26-27-29-31-33-35-37-39-41-43-49(64)48(61-52(65)44-42-40-38-36-34-32-30-28-25-22-20-18-16-14-12-10-8-6-4-2)47-71-59-57(70)55(68)58(51(46-63)73-59)74-60-56(69)54(67)53(66)50(45-62)72-60/h26-27,33,35,41,43,48-51,53-60,62-64,66-70H,3-25,28-32,34,36-40,42,44-47H2,1-2H3,(H,61,65)/b27-26+,35-33+,43-41+. The quantitative estimate of drug-likeness (QED) is 0.0204. The number of hydrogen-bond donors (Lipinski definition) is 9. The molecule has 9 N–H and O–H groups in total. The Labute approximate surface area is 449 Å². The Balaban J connectivity index is 1.79. The minimum Gasteiger partial charge on any atom is -0.394 e. The summed E-state index contributed by atoms with van der Waals surface area (Å²) in [7, 11) is 0. The van der Waals surface area contributed by atoms with Crippen LogP contribution in [-0.2, 0) is 23.7 Å². The third-order valence-corrected chi connectivity index (χ3v) is 14.8. The van der Waals surface area contributed by atoms with Crippen LogP contribution in [0.1, 0.15) is 245 Å². The van der Waals surface area contributed by atoms with Crippen LogP contribution in [0.2, 0.25) is 0 Å². The van der Waals surface area contributed by atoms with E-state index in [0.29, 0.717) is 12.8 Å². The molecule has 74 heavy (non-hydrogen) atoms. The summed E-state index contributed by atoms with van der Waals surface area (Å²) in [6, 6.07) is -0.935. The number of rotatable bonds is 48. The Morgan fingerprint density at radius 2 is 0.865 bits per heavy atom. The predicted molar refractivity (Wildman–Crippen MR) is 295 cm³/mol. The van der Waals surface area contributed by atoms with E-state index in [1.54, 1.807) is 6.08 Å². The van der Waals surface area contributed by atoms with Crippen molar-refractivity contribution >= 4 is 5.91 Å². The van der Waals surface area contributed by atoms with Gasteiger partial charge in [0.05, 0.1) is 32.0 Å². The molecule has 0 radical (unpaired) electrons. The van der Waals surface area contributed by atoms with Crippen LogP contribution in [0.25, 0.3) is 0 Å². The molecule has 0 aromatic heterocycles. The van der Waals surface area contributed by atoms with Crippen LogP contribution >= 0.6 is 0 Å².